The molecule has 29 heavy (non-hydrogen) atoms. The number of hydrogen-bond acceptors (Lipinski definition) is 7. The van der Waals surface area contributed by atoms with E-state index in [0.717, 1.165) is 6.42 Å². The third-order valence-electron chi connectivity index (χ3n) is 5.24. The molecule has 6 N–H and O–H groups in total. The molecule has 1 fully saturated rings. The Morgan fingerprint density at radius 1 is 1.24 bits per heavy atom. The first-order valence-corrected chi connectivity index (χ1v) is 10.4. The number of carbonyl (C=O) groups excluding carboxylic acids is 3. The highest BCUT2D eigenvalue weighted by molar-refractivity contribution is 7.80. The summed E-state index contributed by atoms with van der Waals surface area (Å²) < 4.78 is 0. The van der Waals surface area contributed by atoms with E-state index >= 15 is 0 Å². The van der Waals surface area contributed by atoms with E-state index in [4.69, 9.17) is 10.8 Å². The van der Waals surface area contributed by atoms with Gasteiger partial charge in [-0.15, -0.1) is 0 Å². The van der Waals surface area contributed by atoms with Crippen LogP contribution >= 0.6 is 12.6 Å². The first kappa shape index (κ1) is 25.2. The highest BCUT2D eigenvalue weighted by atomic mass is 32.1. The maximum Gasteiger partial charge on any atom is 0.327 e. The van der Waals surface area contributed by atoms with Crippen LogP contribution in [-0.2, 0) is 19.2 Å². The van der Waals surface area contributed by atoms with Gasteiger partial charge in [0.1, 0.15) is 18.1 Å². The van der Waals surface area contributed by atoms with E-state index in [9.17, 15) is 24.3 Å². The molecule has 6 unspecified atom stereocenters. The fourth-order valence-corrected chi connectivity index (χ4v) is 3.34. The largest absolute Gasteiger partial charge is 0.480 e. The fourth-order valence-electron chi connectivity index (χ4n) is 3.09. The second-order valence-electron chi connectivity index (χ2n) is 7.41. The monoisotopic (exact) mass is 432 g/mol. The molecular formula is C18H32N4O6S. The fraction of sp³-hybridized carbons (Fsp3) is 0.778. The zero-order valence-corrected chi connectivity index (χ0v) is 17.9. The minimum absolute atomic E-state index is 0.0445. The van der Waals surface area contributed by atoms with Crippen molar-refractivity contribution in [1.82, 2.24) is 15.5 Å². The van der Waals surface area contributed by atoms with Crippen LogP contribution in [0.1, 0.15) is 40.0 Å². The molecular weight excluding hydrogens is 400 g/mol. The van der Waals surface area contributed by atoms with Crippen molar-refractivity contribution in [2.75, 3.05) is 12.3 Å². The lowest BCUT2D eigenvalue weighted by molar-refractivity contribution is -0.143. The van der Waals surface area contributed by atoms with Crippen LogP contribution in [0.15, 0.2) is 0 Å². The van der Waals surface area contributed by atoms with Crippen molar-refractivity contribution in [1.29, 1.82) is 0 Å². The summed E-state index contributed by atoms with van der Waals surface area (Å²) in [6, 6.07) is -4.16. The number of thiol groups is 1. The molecule has 0 saturated carbocycles. The highest BCUT2D eigenvalue weighted by Gasteiger charge is 2.39. The molecule has 0 aromatic heterocycles. The number of aliphatic carboxylic acids is 1. The zero-order chi connectivity index (χ0) is 22.3. The van der Waals surface area contributed by atoms with Gasteiger partial charge < -0.3 is 31.5 Å². The van der Waals surface area contributed by atoms with Crippen LogP contribution in [-0.4, -0.2) is 81.4 Å². The Morgan fingerprint density at radius 3 is 2.34 bits per heavy atom. The van der Waals surface area contributed by atoms with Crippen molar-refractivity contribution in [3.05, 3.63) is 0 Å². The molecule has 0 aliphatic carbocycles. The standard InChI is InChI=1S/C18H32N4O6S/c1-4-9(2)13(19)17(26)22-7-5-6-12(22)15(24)21-14(10(3)23)16(25)20-11(8-29)18(27)28/h9-14,23,29H,4-8,19H2,1-3H3,(H,20,25)(H,21,24)(H,27,28). The van der Waals surface area contributed by atoms with Gasteiger partial charge in [0.15, 0.2) is 0 Å². The minimum Gasteiger partial charge on any atom is -0.480 e. The molecule has 1 aliphatic heterocycles. The van der Waals surface area contributed by atoms with Crippen LogP contribution in [0.5, 0.6) is 0 Å². The van der Waals surface area contributed by atoms with Crippen molar-refractivity contribution < 1.29 is 29.4 Å². The highest BCUT2D eigenvalue weighted by Crippen LogP contribution is 2.21. The van der Waals surface area contributed by atoms with Crippen LogP contribution in [0.3, 0.4) is 0 Å². The Balaban J connectivity index is 2.87. The number of likely N-dealkylation sites (tertiary alicyclic amines) is 1. The molecule has 0 aromatic carbocycles. The summed E-state index contributed by atoms with van der Waals surface area (Å²) in [6.07, 6.45) is 0.468. The normalized spacial score (nSPS) is 21.6. The molecule has 11 heteroatoms. The lowest BCUT2D eigenvalue weighted by Crippen LogP contribution is -2.59. The second kappa shape index (κ2) is 11.4. The van der Waals surface area contributed by atoms with Gasteiger partial charge in [0.2, 0.25) is 17.7 Å². The molecule has 0 spiro atoms. The molecule has 3 amide bonds. The van der Waals surface area contributed by atoms with Crippen molar-refractivity contribution >= 4 is 36.3 Å². The van der Waals surface area contributed by atoms with E-state index in [-0.39, 0.29) is 17.6 Å². The SMILES string of the molecule is CCC(C)C(N)C(=O)N1CCCC1C(=O)NC(C(=O)NC(CS)C(=O)O)C(C)O. The summed E-state index contributed by atoms with van der Waals surface area (Å²) in [7, 11) is 0. The van der Waals surface area contributed by atoms with E-state index in [1.54, 1.807) is 0 Å². The van der Waals surface area contributed by atoms with Gasteiger partial charge in [-0.3, -0.25) is 14.4 Å². The van der Waals surface area contributed by atoms with Gasteiger partial charge in [-0.1, -0.05) is 20.3 Å². The van der Waals surface area contributed by atoms with Crippen molar-refractivity contribution in [3.63, 3.8) is 0 Å². The Kier molecular flexibility index (Phi) is 9.87. The number of hydrogen-bond donors (Lipinski definition) is 6. The lowest BCUT2D eigenvalue weighted by Gasteiger charge is -2.30. The van der Waals surface area contributed by atoms with Gasteiger partial charge in [-0.05, 0) is 25.7 Å². The van der Waals surface area contributed by atoms with E-state index in [2.05, 4.69) is 23.3 Å². The summed E-state index contributed by atoms with van der Waals surface area (Å²) >= 11 is 3.87. The summed E-state index contributed by atoms with van der Waals surface area (Å²) in [6.45, 7) is 5.47. The number of rotatable bonds is 10. The van der Waals surface area contributed by atoms with Gasteiger partial charge in [0, 0.05) is 12.3 Å². The van der Waals surface area contributed by atoms with Gasteiger partial charge in [0.25, 0.3) is 0 Å². The number of carbonyl (C=O) groups is 4. The number of carboxylic acids is 1. The van der Waals surface area contributed by atoms with E-state index in [0.29, 0.717) is 19.4 Å². The number of carboxylic acid groups (broad SMARTS) is 1. The average Bonchev–Trinajstić information content (AvgIpc) is 3.17. The number of nitrogens with zero attached hydrogens (tertiary/aromatic N) is 1. The Hall–Kier alpha value is -1.85. The molecule has 1 aliphatic rings. The van der Waals surface area contributed by atoms with Gasteiger partial charge in [-0.2, -0.15) is 12.6 Å². The smallest absolute Gasteiger partial charge is 0.327 e. The molecule has 166 valence electrons. The maximum absolute atomic E-state index is 12.8. The number of aliphatic hydroxyl groups excluding tert-OH is 1. The predicted octanol–water partition coefficient (Wildman–Crippen LogP) is -1.28. The first-order valence-electron chi connectivity index (χ1n) is 9.73. The van der Waals surface area contributed by atoms with Gasteiger partial charge in [-0.25, -0.2) is 4.79 Å². The Labute approximate surface area is 176 Å². The van der Waals surface area contributed by atoms with Crippen molar-refractivity contribution in [2.24, 2.45) is 11.7 Å². The molecule has 6 atom stereocenters. The molecule has 1 saturated heterocycles. The van der Waals surface area contributed by atoms with E-state index < -0.39 is 48.1 Å². The summed E-state index contributed by atoms with van der Waals surface area (Å²) in [5.74, 6) is -3.24. The third-order valence-corrected chi connectivity index (χ3v) is 5.61. The molecule has 0 aromatic rings. The van der Waals surface area contributed by atoms with Gasteiger partial charge in [0.05, 0.1) is 12.1 Å². The van der Waals surface area contributed by atoms with Crippen LogP contribution in [0.4, 0.5) is 0 Å². The van der Waals surface area contributed by atoms with Crippen molar-refractivity contribution in [2.45, 2.75) is 70.3 Å². The molecule has 10 nitrogen and oxygen atoms in total. The van der Waals surface area contributed by atoms with Gasteiger partial charge >= 0.3 is 5.97 Å². The molecule has 0 radical (unpaired) electrons. The average molecular weight is 433 g/mol. The van der Waals surface area contributed by atoms with Crippen LogP contribution < -0.4 is 16.4 Å². The quantitative estimate of drug-likeness (QED) is 0.234. The summed E-state index contributed by atoms with van der Waals surface area (Å²) in [5.41, 5.74) is 6.02. The first-order chi connectivity index (χ1) is 13.5. The minimum atomic E-state index is -1.37. The number of nitrogens with two attached hydrogens (primary N) is 1. The predicted molar refractivity (Wildman–Crippen MR) is 109 cm³/mol. The second-order valence-corrected chi connectivity index (χ2v) is 7.77. The van der Waals surface area contributed by atoms with E-state index in [1.807, 2.05) is 13.8 Å². The van der Waals surface area contributed by atoms with Crippen LogP contribution in [0, 0.1) is 5.92 Å². The number of nitrogens with one attached hydrogen (secondary N) is 2. The molecule has 1 heterocycles. The number of amides is 3. The zero-order valence-electron chi connectivity index (χ0n) is 17.0. The third kappa shape index (κ3) is 6.58. The van der Waals surface area contributed by atoms with Crippen LogP contribution in [0.2, 0.25) is 0 Å². The molecule has 1 rings (SSSR count). The Morgan fingerprint density at radius 2 is 1.86 bits per heavy atom. The van der Waals surface area contributed by atoms with Crippen molar-refractivity contribution in [3.8, 4) is 0 Å². The summed E-state index contributed by atoms with van der Waals surface area (Å²) in [4.78, 5) is 50.3. The maximum atomic E-state index is 12.8. The Bertz CT molecular complexity index is 617. The topological polar surface area (TPSA) is 162 Å². The lowest BCUT2D eigenvalue weighted by atomic mass is 9.98. The van der Waals surface area contributed by atoms with E-state index in [1.165, 1.54) is 11.8 Å². The molecule has 0 bridgehead atoms. The van der Waals surface area contributed by atoms with Crippen LogP contribution in [0.25, 0.3) is 0 Å². The number of aliphatic hydroxyl groups is 1. The summed E-state index contributed by atoms with van der Waals surface area (Å²) in [5, 5.41) is 23.6.